The van der Waals surface area contributed by atoms with Crippen molar-refractivity contribution < 1.29 is 4.52 Å². The zero-order valence-electron chi connectivity index (χ0n) is 12.2. The summed E-state index contributed by atoms with van der Waals surface area (Å²) in [4.78, 5) is 8.44. The van der Waals surface area contributed by atoms with Gasteiger partial charge in [0.2, 0.25) is 0 Å². The van der Waals surface area contributed by atoms with E-state index < -0.39 is 0 Å². The van der Waals surface area contributed by atoms with E-state index in [1.165, 1.54) is 6.33 Å². The fourth-order valence-electron chi connectivity index (χ4n) is 2.12. The monoisotopic (exact) mass is 276 g/mol. The lowest BCUT2D eigenvalue weighted by Gasteiger charge is -2.16. The van der Waals surface area contributed by atoms with Gasteiger partial charge in [-0.05, 0) is 19.8 Å². The van der Waals surface area contributed by atoms with Crippen molar-refractivity contribution in [2.75, 3.05) is 10.7 Å². The summed E-state index contributed by atoms with van der Waals surface area (Å²) in [6.07, 6.45) is 1.48. The van der Waals surface area contributed by atoms with Crippen LogP contribution in [0.1, 0.15) is 42.3 Å². The summed E-state index contributed by atoms with van der Waals surface area (Å²) in [6, 6.07) is 0. The molecule has 2 aromatic heterocycles. The van der Waals surface area contributed by atoms with Crippen molar-refractivity contribution in [3.63, 3.8) is 0 Å². The van der Waals surface area contributed by atoms with Crippen molar-refractivity contribution in [1.29, 1.82) is 0 Å². The number of aryl methyl sites for hydroxylation is 2. The molecule has 2 rings (SSSR count). The summed E-state index contributed by atoms with van der Waals surface area (Å²) in [5.74, 6) is 7.96. The zero-order chi connectivity index (χ0) is 14.7. The average molecular weight is 276 g/mol. The topological polar surface area (TPSA) is 102 Å². The van der Waals surface area contributed by atoms with Crippen LogP contribution in [0.3, 0.4) is 0 Å². The summed E-state index contributed by atoms with van der Waals surface area (Å²) in [5, 5.41) is 7.25. The third-order valence-corrected chi connectivity index (χ3v) is 3.21. The summed E-state index contributed by atoms with van der Waals surface area (Å²) < 4.78 is 5.15. The molecule has 0 saturated carbocycles. The van der Waals surface area contributed by atoms with Crippen molar-refractivity contribution in [2.24, 2.45) is 5.84 Å². The Kier molecular flexibility index (Phi) is 4.19. The van der Waals surface area contributed by atoms with Gasteiger partial charge in [0.05, 0.1) is 5.69 Å². The summed E-state index contributed by atoms with van der Waals surface area (Å²) in [6.45, 7) is 8.56. The maximum absolute atomic E-state index is 5.50. The summed E-state index contributed by atoms with van der Waals surface area (Å²) >= 11 is 0. The first-order chi connectivity index (χ1) is 9.54. The lowest BCUT2D eigenvalue weighted by Crippen LogP contribution is -2.15. The lowest BCUT2D eigenvalue weighted by atomic mass is 10.0. The number of anilines is 2. The number of nitrogens with zero attached hydrogens (tertiary/aromatic N) is 3. The van der Waals surface area contributed by atoms with Crippen LogP contribution in [0.4, 0.5) is 11.6 Å². The van der Waals surface area contributed by atoms with Gasteiger partial charge in [0.25, 0.3) is 0 Å². The number of nitrogens with one attached hydrogen (secondary N) is 2. The first-order valence-electron chi connectivity index (χ1n) is 6.51. The van der Waals surface area contributed by atoms with Crippen molar-refractivity contribution in [2.45, 2.75) is 40.2 Å². The first kappa shape index (κ1) is 14.3. The Morgan fingerprint density at radius 1 is 1.25 bits per heavy atom. The minimum Gasteiger partial charge on any atom is -0.365 e. The van der Waals surface area contributed by atoms with Crippen LogP contribution < -0.4 is 16.6 Å². The van der Waals surface area contributed by atoms with E-state index in [9.17, 15) is 0 Å². The van der Waals surface area contributed by atoms with E-state index in [2.05, 4.69) is 39.7 Å². The Morgan fingerprint density at radius 2 is 1.95 bits per heavy atom. The quantitative estimate of drug-likeness (QED) is 0.567. The molecule has 0 aromatic carbocycles. The zero-order valence-corrected chi connectivity index (χ0v) is 12.2. The molecule has 0 spiro atoms. The minimum atomic E-state index is 0.245. The molecule has 0 aliphatic heterocycles. The molecule has 0 aliphatic rings. The molecule has 7 nitrogen and oxygen atoms in total. The van der Waals surface area contributed by atoms with Gasteiger partial charge in [0.1, 0.15) is 23.7 Å². The van der Waals surface area contributed by atoms with Crippen molar-refractivity contribution >= 4 is 11.6 Å². The second-order valence-electron chi connectivity index (χ2n) is 4.94. The Hall–Kier alpha value is -2.15. The highest BCUT2D eigenvalue weighted by Crippen LogP contribution is 2.28. The fourth-order valence-corrected chi connectivity index (χ4v) is 2.12. The highest BCUT2D eigenvalue weighted by molar-refractivity contribution is 5.58. The Labute approximate surface area is 117 Å². The van der Waals surface area contributed by atoms with E-state index >= 15 is 0 Å². The van der Waals surface area contributed by atoms with Crippen molar-refractivity contribution in [1.82, 2.24) is 15.1 Å². The van der Waals surface area contributed by atoms with E-state index in [4.69, 9.17) is 10.4 Å². The SMILES string of the molecule is Cc1noc(C)c1CNc1ncnc(NN)c1C(C)C. The summed E-state index contributed by atoms with van der Waals surface area (Å²) in [5.41, 5.74) is 5.50. The van der Waals surface area contributed by atoms with Crippen LogP contribution in [-0.2, 0) is 6.54 Å². The molecular formula is C13H20N6O. The number of hydrogen-bond donors (Lipinski definition) is 3. The molecular weight excluding hydrogens is 256 g/mol. The highest BCUT2D eigenvalue weighted by atomic mass is 16.5. The molecule has 7 heteroatoms. The van der Waals surface area contributed by atoms with Crippen molar-refractivity contribution in [3.8, 4) is 0 Å². The lowest BCUT2D eigenvalue weighted by molar-refractivity contribution is 0.392. The average Bonchev–Trinajstić information content (AvgIpc) is 2.75. The van der Waals surface area contributed by atoms with E-state index in [1.807, 2.05) is 13.8 Å². The molecule has 0 saturated heterocycles. The van der Waals surface area contributed by atoms with E-state index in [1.54, 1.807) is 0 Å². The molecule has 2 aromatic rings. The van der Waals surface area contributed by atoms with Gasteiger partial charge in [0, 0.05) is 17.7 Å². The normalized spacial score (nSPS) is 10.9. The molecule has 0 atom stereocenters. The number of hydrazine groups is 1. The third-order valence-electron chi connectivity index (χ3n) is 3.21. The van der Waals surface area contributed by atoms with Crippen LogP contribution >= 0.6 is 0 Å². The fraction of sp³-hybridized carbons (Fsp3) is 0.462. The van der Waals surface area contributed by atoms with Crippen LogP contribution in [0.15, 0.2) is 10.9 Å². The van der Waals surface area contributed by atoms with Gasteiger partial charge >= 0.3 is 0 Å². The molecule has 0 fully saturated rings. The van der Waals surface area contributed by atoms with Gasteiger partial charge < -0.3 is 15.3 Å². The predicted molar refractivity (Wildman–Crippen MR) is 77.2 cm³/mol. The molecule has 0 amide bonds. The second kappa shape index (κ2) is 5.87. The van der Waals surface area contributed by atoms with Crippen molar-refractivity contribution in [3.05, 3.63) is 28.9 Å². The van der Waals surface area contributed by atoms with Gasteiger partial charge in [-0.2, -0.15) is 0 Å². The Bertz CT molecular complexity index is 573. The standard InChI is InChI=1S/C13H20N6O/c1-7(2)11-12(16-6-17-13(11)18-14)15-5-10-8(3)19-20-9(10)4/h6-7H,5,14H2,1-4H3,(H2,15,16,17,18). The number of nitrogens with two attached hydrogens (primary N) is 1. The van der Waals surface area contributed by atoms with Crippen LogP contribution in [0.2, 0.25) is 0 Å². The first-order valence-corrected chi connectivity index (χ1v) is 6.51. The maximum Gasteiger partial charge on any atom is 0.148 e. The molecule has 0 aliphatic carbocycles. The van der Waals surface area contributed by atoms with Crippen LogP contribution in [0, 0.1) is 13.8 Å². The van der Waals surface area contributed by atoms with E-state index in [0.717, 1.165) is 28.4 Å². The summed E-state index contributed by atoms with van der Waals surface area (Å²) in [7, 11) is 0. The van der Waals surface area contributed by atoms with Gasteiger partial charge in [-0.3, -0.25) is 0 Å². The Balaban J connectivity index is 2.26. The molecule has 0 radical (unpaired) electrons. The smallest absolute Gasteiger partial charge is 0.148 e. The molecule has 2 heterocycles. The second-order valence-corrected chi connectivity index (χ2v) is 4.94. The predicted octanol–water partition coefficient (Wildman–Crippen LogP) is 2.10. The number of rotatable bonds is 5. The Morgan fingerprint density at radius 3 is 2.50 bits per heavy atom. The largest absolute Gasteiger partial charge is 0.365 e. The molecule has 4 N–H and O–H groups in total. The van der Waals surface area contributed by atoms with E-state index in [0.29, 0.717) is 12.4 Å². The van der Waals surface area contributed by atoms with Gasteiger partial charge in [0.15, 0.2) is 0 Å². The van der Waals surface area contributed by atoms with Crippen LogP contribution in [0.25, 0.3) is 0 Å². The van der Waals surface area contributed by atoms with E-state index in [-0.39, 0.29) is 5.92 Å². The number of hydrogen-bond acceptors (Lipinski definition) is 7. The molecule has 20 heavy (non-hydrogen) atoms. The van der Waals surface area contributed by atoms with Gasteiger partial charge in [-0.25, -0.2) is 15.8 Å². The molecule has 0 bridgehead atoms. The highest BCUT2D eigenvalue weighted by Gasteiger charge is 2.15. The minimum absolute atomic E-state index is 0.245. The van der Waals surface area contributed by atoms with Gasteiger partial charge in [-0.1, -0.05) is 19.0 Å². The van der Waals surface area contributed by atoms with Gasteiger partial charge in [-0.15, -0.1) is 0 Å². The maximum atomic E-state index is 5.50. The number of nitrogen functional groups attached to an aromatic ring is 1. The molecule has 0 unspecified atom stereocenters. The third kappa shape index (κ3) is 2.72. The van der Waals surface area contributed by atoms with Crippen LogP contribution in [0.5, 0.6) is 0 Å². The van der Waals surface area contributed by atoms with Crippen LogP contribution in [-0.4, -0.2) is 15.1 Å². The molecule has 108 valence electrons. The number of aromatic nitrogens is 3.